The van der Waals surface area contributed by atoms with Gasteiger partial charge in [0.2, 0.25) is 0 Å². The van der Waals surface area contributed by atoms with Crippen LogP contribution in [-0.2, 0) is 0 Å². The van der Waals surface area contributed by atoms with Crippen molar-refractivity contribution in [2.45, 2.75) is 0 Å². The third-order valence-electron chi connectivity index (χ3n) is 12.4. The van der Waals surface area contributed by atoms with Gasteiger partial charge in [-0.1, -0.05) is 237 Å². The summed E-state index contributed by atoms with van der Waals surface area (Å²) in [4.78, 5) is 16.0. The van der Waals surface area contributed by atoms with E-state index < -0.39 is 16.1 Å². The van der Waals surface area contributed by atoms with E-state index in [1.54, 1.807) is 0 Å². The molecule has 298 valence electrons. The predicted octanol–water partition coefficient (Wildman–Crippen LogP) is 7.73. The van der Waals surface area contributed by atoms with E-state index in [9.17, 15) is 0 Å². The van der Waals surface area contributed by atoms with Gasteiger partial charge in [-0.2, -0.15) is 0 Å². The van der Waals surface area contributed by atoms with Crippen LogP contribution in [0.25, 0.3) is 34.2 Å². The van der Waals surface area contributed by atoms with Crippen molar-refractivity contribution in [3.63, 3.8) is 0 Å². The van der Waals surface area contributed by atoms with Crippen LogP contribution in [-0.4, -0.2) is 31.1 Å². The van der Waals surface area contributed by atoms with E-state index in [0.29, 0.717) is 17.5 Å². The summed E-state index contributed by atoms with van der Waals surface area (Å²) in [5.74, 6) is 3.39. The van der Waals surface area contributed by atoms with Gasteiger partial charge in [-0.15, -0.1) is 0 Å². The van der Waals surface area contributed by atoms with Crippen LogP contribution in [0.1, 0.15) is 0 Å². The van der Waals surface area contributed by atoms with Gasteiger partial charge >= 0.3 is 0 Å². The molecule has 0 radical (unpaired) electrons. The van der Waals surface area contributed by atoms with Gasteiger partial charge in [-0.25, -0.2) is 15.0 Å². The minimum Gasteiger partial charge on any atom is -0.457 e. The topological polar surface area (TPSA) is 47.9 Å². The number of ether oxygens (including phenoxy) is 1. The molecule has 9 aromatic carbocycles. The van der Waals surface area contributed by atoms with Crippen LogP contribution in [0.2, 0.25) is 0 Å². The highest BCUT2D eigenvalue weighted by Crippen LogP contribution is 2.37. The molecule has 0 saturated heterocycles. The minimum absolute atomic E-state index is 0.558. The molecule has 6 heteroatoms. The molecule has 0 aliphatic carbocycles. The van der Waals surface area contributed by atoms with Gasteiger partial charge in [0, 0.05) is 11.1 Å². The lowest BCUT2D eigenvalue weighted by Crippen LogP contribution is -2.76. The molecule has 0 saturated carbocycles. The number of fused-ring (bicyclic) bond motifs is 2. The van der Waals surface area contributed by atoms with Crippen LogP contribution in [0.5, 0.6) is 11.5 Å². The molecule has 1 aliphatic rings. The quantitative estimate of drug-likeness (QED) is 0.110. The second kappa shape index (κ2) is 16.3. The average Bonchev–Trinajstić information content (AvgIpc) is 3.37. The molecule has 0 amide bonds. The first kappa shape index (κ1) is 38.2. The van der Waals surface area contributed by atoms with Crippen LogP contribution >= 0.6 is 0 Å². The Labute approximate surface area is 369 Å². The van der Waals surface area contributed by atoms with E-state index in [-0.39, 0.29) is 0 Å². The van der Waals surface area contributed by atoms with Crippen LogP contribution in [0, 0.1) is 0 Å². The lowest BCUT2D eigenvalue weighted by Gasteiger charge is -2.40. The number of hydrogen-bond acceptors (Lipinski definition) is 4. The molecular formula is C57H41N3OSi2. The van der Waals surface area contributed by atoms with Gasteiger partial charge in [-0.3, -0.25) is 0 Å². The molecule has 0 atom stereocenters. The average molecular weight is 840 g/mol. The van der Waals surface area contributed by atoms with Gasteiger partial charge in [-0.05, 0) is 53.6 Å². The smallest absolute Gasteiger partial charge is 0.188 e. The molecule has 1 aromatic heterocycles. The van der Waals surface area contributed by atoms with Gasteiger partial charge in [0.05, 0.1) is 5.56 Å². The number of nitrogens with zero attached hydrogens (tertiary/aromatic N) is 3. The van der Waals surface area contributed by atoms with Crippen LogP contribution < -0.4 is 46.2 Å². The number of rotatable bonds is 9. The first-order chi connectivity index (χ1) is 31.2. The predicted molar refractivity (Wildman–Crippen MR) is 263 cm³/mol. The van der Waals surface area contributed by atoms with E-state index in [4.69, 9.17) is 19.7 Å². The van der Waals surface area contributed by atoms with Gasteiger partial charge in [0.25, 0.3) is 0 Å². The maximum Gasteiger partial charge on any atom is 0.188 e. The zero-order valence-electron chi connectivity index (χ0n) is 34.4. The molecule has 2 heterocycles. The van der Waals surface area contributed by atoms with Crippen LogP contribution in [0.15, 0.2) is 249 Å². The molecule has 11 rings (SSSR count). The molecule has 0 N–H and O–H groups in total. The Bertz CT molecular complexity index is 3050. The van der Waals surface area contributed by atoms with E-state index in [0.717, 1.165) is 33.4 Å². The summed E-state index contributed by atoms with van der Waals surface area (Å²) in [6.45, 7) is 0. The third kappa shape index (κ3) is 6.47. The fourth-order valence-electron chi connectivity index (χ4n) is 9.70. The van der Waals surface area contributed by atoms with Crippen molar-refractivity contribution in [1.82, 2.24) is 15.0 Å². The lowest BCUT2D eigenvalue weighted by atomic mass is 10.1. The van der Waals surface area contributed by atoms with E-state index in [1.165, 1.54) is 36.3 Å². The molecule has 0 bridgehead atoms. The monoisotopic (exact) mass is 839 g/mol. The molecule has 1 aliphatic heterocycles. The summed E-state index contributed by atoms with van der Waals surface area (Å²) >= 11 is 0. The Kier molecular flexibility index (Phi) is 9.84. The molecule has 0 unspecified atom stereocenters. The second-order valence-corrected chi connectivity index (χ2v) is 23.4. The molecule has 63 heavy (non-hydrogen) atoms. The van der Waals surface area contributed by atoms with Gasteiger partial charge in [0.1, 0.15) is 11.5 Å². The fourth-order valence-corrected chi connectivity index (χ4v) is 19.5. The Balaban J connectivity index is 1.16. The van der Waals surface area contributed by atoms with Crippen molar-refractivity contribution >= 4 is 57.6 Å². The fraction of sp³-hybridized carbons (Fsp3) is 0. The molecular weight excluding hydrogens is 799 g/mol. The Hall–Kier alpha value is -7.78. The summed E-state index contributed by atoms with van der Waals surface area (Å²) in [6, 6.07) is 89.1. The lowest BCUT2D eigenvalue weighted by molar-refractivity contribution is 0.488. The second-order valence-electron chi connectivity index (χ2n) is 15.9. The van der Waals surface area contributed by atoms with Crippen LogP contribution in [0.3, 0.4) is 0 Å². The Morgan fingerprint density at radius 3 is 1.32 bits per heavy atom. The summed E-state index contributed by atoms with van der Waals surface area (Å²) in [7, 11) is -5.75. The minimum atomic E-state index is -2.91. The molecule has 0 spiro atoms. The highest BCUT2D eigenvalue weighted by molar-refractivity contribution is 7.21. The van der Waals surface area contributed by atoms with E-state index >= 15 is 0 Å². The van der Waals surface area contributed by atoms with Crippen molar-refractivity contribution in [3.05, 3.63) is 249 Å². The number of para-hydroxylation sites is 2. The summed E-state index contributed by atoms with van der Waals surface area (Å²) in [5, 5.41) is 10.1. The van der Waals surface area contributed by atoms with Crippen LogP contribution in [0.4, 0.5) is 0 Å². The molecule has 0 fully saturated rings. The zero-order valence-corrected chi connectivity index (χ0v) is 36.4. The van der Waals surface area contributed by atoms with Gasteiger partial charge in [0.15, 0.2) is 33.6 Å². The Morgan fingerprint density at radius 2 is 0.746 bits per heavy atom. The van der Waals surface area contributed by atoms with Crippen molar-refractivity contribution in [2.24, 2.45) is 0 Å². The third-order valence-corrected chi connectivity index (χ3v) is 22.0. The summed E-state index contributed by atoms with van der Waals surface area (Å²) in [6.07, 6.45) is 0. The molecule has 4 nitrogen and oxygen atoms in total. The maximum absolute atomic E-state index is 7.10. The maximum atomic E-state index is 7.10. The standard InChI is InChI=1S/C57H41N3OSi2/c1-7-23-42(24-8-1)55-58-56(43-25-21-36-49(41-43)62(44-26-9-2-10-27-44,45-28-11-3-12-29-45)46-30-13-4-14-31-46)60-57(59-55)50-37-22-40-53-54(50)61-51-38-19-20-39-52(51)63(53,47-32-15-5-16-33-47)48-34-17-6-18-35-48/h1-41H. The zero-order chi connectivity index (χ0) is 42.1. The van der Waals surface area contributed by atoms with E-state index in [1.807, 2.05) is 18.2 Å². The summed E-state index contributed by atoms with van der Waals surface area (Å²) in [5.41, 5.74) is 2.65. The van der Waals surface area contributed by atoms with E-state index in [2.05, 4.69) is 231 Å². The number of aromatic nitrogens is 3. The van der Waals surface area contributed by atoms with Crippen molar-refractivity contribution in [2.75, 3.05) is 0 Å². The van der Waals surface area contributed by atoms with Crippen molar-refractivity contribution in [3.8, 4) is 45.7 Å². The number of benzene rings is 9. The number of hydrogen-bond donors (Lipinski definition) is 0. The van der Waals surface area contributed by atoms with Gasteiger partial charge < -0.3 is 4.74 Å². The van der Waals surface area contributed by atoms with Crippen molar-refractivity contribution in [1.29, 1.82) is 0 Å². The SMILES string of the molecule is c1ccc(-c2nc(-c3cccc([Si](c4ccccc4)(c4ccccc4)c4ccccc4)c3)nc(-c3cccc4c3Oc3ccccc3[Si]4(c3ccccc3)c3ccccc3)n2)cc1. The first-order valence-electron chi connectivity index (χ1n) is 21.4. The summed E-state index contributed by atoms with van der Waals surface area (Å²) < 4.78 is 7.10. The highest BCUT2D eigenvalue weighted by Gasteiger charge is 2.49. The largest absolute Gasteiger partial charge is 0.457 e. The van der Waals surface area contributed by atoms with Crippen molar-refractivity contribution < 1.29 is 4.74 Å². The Morgan fingerprint density at radius 1 is 0.333 bits per heavy atom. The molecule has 10 aromatic rings. The highest BCUT2D eigenvalue weighted by atomic mass is 28.3. The normalized spacial score (nSPS) is 12.7. The first-order valence-corrected chi connectivity index (χ1v) is 25.4.